The fourth-order valence-electron chi connectivity index (χ4n) is 7.59. The van der Waals surface area contributed by atoms with Crippen molar-refractivity contribution in [2.24, 2.45) is 5.92 Å². The zero-order valence-corrected chi connectivity index (χ0v) is 27.2. The number of anilines is 2. The minimum Gasteiger partial charge on any atom is -0.382 e. The van der Waals surface area contributed by atoms with Gasteiger partial charge in [0.1, 0.15) is 11.8 Å². The predicted octanol–water partition coefficient (Wildman–Crippen LogP) is 5.51. The minimum absolute atomic E-state index is 0.114. The highest BCUT2D eigenvalue weighted by Crippen LogP contribution is 2.60. The lowest BCUT2D eigenvalue weighted by Crippen LogP contribution is -2.45. The molecule has 5 atom stereocenters. The number of para-hydroxylation sites is 1. The normalized spacial score (nSPS) is 24.8. The van der Waals surface area contributed by atoms with E-state index in [0.717, 1.165) is 34.6 Å². The lowest BCUT2D eigenvalue weighted by atomic mass is 9.82. The van der Waals surface area contributed by atoms with Gasteiger partial charge >= 0.3 is 0 Å². The van der Waals surface area contributed by atoms with Gasteiger partial charge in [0.25, 0.3) is 5.91 Å². The number of halogens is 1. The van der Waals surface area contributed by atoms with E-state index in [1.54, 1.807) is 33.8 Å². The average Bonchev–Trinajstić information content (AvgIpc) is 3.71. The van der Waals surface area contributed by atoms with Crippen molar-refractivity contribution in [3.05, 3.63) is 107 Å². The van der Waals surface area contributed by atoms with Crippen LogP contribution in [0.25, 0.3) is 0 Å². The Morgan fingerprint density at radius 1 is 1.04 bits per heavy atom. The van der Waals surface area contributed by atoms with E-state index >= 15 is 4.11 Å². The molecule has 1 aromatic heterocycles. The van der Waals surface area contributed by atoms with Crippen molar-refractivity contribution in [1.82, 2.24) is 15.0 Å². The SMILES string of the molecule is C[C@H]1[C@H]([Si](C)(C)F)[C@@H](CCn2cc([C@H](O)c3ccccc3)nn2)O[C@]12C(=O)N(Cc1ccc(N3CCC3=O)cc1)c1ccccc12. The lowest BCUT2D eigenvalue weighted by molar-refractivity contribution is -0.146. The van der Waals surface area contributed by atoms with Crippen molar-refractivity contribution >= 4 is 31.6 Å². The summed E-state index contributed by atoms with van der Waals surface area (Å²) < 4.78 is 24.7. The number of carbonyl (C=O) groups is 2. The molecule has 46 heavy (non-hydrogen) atoms. The van der Waals surface area contributed by atoms with Crippen LogP contribution >= 0.6 is 0 Å². The van der Waals surface area contributed by atoms with Crippen molar-refractivity contribution in [3.63, 3.8) is 0 Å². The smallest absolute Gasteiger partial charge is 0.264 e. The van der Waals surface area contributed by atoms with Crippen LogP contribution in [-0.4, -0.2) is 53.0 Å². The molecular formula is C35H38FN5O4Si. The first-order valence-electron chi connectivity index (χ1n) is 15.9. The zero-order chi connectivity index (χ0) is 32.2. The number of rotatable bonds is 9. The molecule has 0 radical (unpaired) electrons. The van der Waals surface area contributed by atoms with Gasteiger partial charge < -0.3 is 23.8 Å². The Morgan fingerprint density at radius 3 is 2.43 bits per heavy atom. The molecule has 2 amide bonds. The van der Waals surface area contributed by atoms with Gasteiger partial charge in [-0.1, -0.05) is 72.8 Å². The number of aryl methyl sites for hydroxylation is 1. The molecule has 4 aromatic rings. The topological polar surface area (TPSA) is 101 Å². The molecule has 2 saturated heterocycles. The summed E-state index contributed by atoms with van der Waals surface area (Å²) in [5.74, 6) is -0.458. The zero-order valence-electron chi connectivity index (χ0n) is 26.2. The number of β-lactam (4-membered cyclic amide) rings is 1. The maximum Gasteiger partial charge on any atom is 0.264 e. The van der Waals surface area contributed by atoms with Gasteiger partial charge in [0.2, 0.25) is 14.3 Å². The third-order valence-corrected chi connectivity index (χ3v) is 12.4. The molecule has 7 rings (SSSR count). The fraction of sp³-hybridized carbons (Fsp3) is 0.371. The van der Waals surface area contributed by atoms with Crippen LogP contribution in [0.1, 0.15) is 48.3 Å². The van der Waals surface area contributed by atoms with Crippen molar-refractivity contribution in [1.29, 1.82) is 0 Å². The van der Waals surface area contributed by atoms with Crippen molar-refractivity contribution < 1.29 is 23.5 Å². The molecule has 3 aliphatic heterocycles. The highest BCUT2D eigenvalue weighted by atomic mass is 28.4. The van der Waals surface area contributed by atoms with E-state index in [1.165, 1.54) is 0 Å². The van der Waals surface area contributed by atoms with Crippen LogP contribution < -0.4 is 9.80 Å². The summed E-state index contributed by atoms with van der Waals surface area (Å²) in [6.45, 7) is 6.80. The van der Waals surface area contributed by atoms with Crippen LogP contribution in [0.3, 0.4) is 0 Å². The number of aliphatic hydroxyl groups is 1. The van der Waals surface area contributed by atoms with Crippen molar-refractivity contribution in [2.75, 3.05) is 16.3 Å². The summed E-state index contributed by atoms with van der Waals surface area (Å²) in [4.78, 5) is 30.0. The number of aromatic nitrogens is 3. The predicted molar refractivity (Wildman–Crippen MR) is 174 cm³/mol. The number of hydrogen-bond donors (Lipinski definition) is 1. The molecule has 1 N–H and O–H groups in total. The number of amides is 2. The van der Waals surface area contributed by atoms with E-state index in [2.05, 4.69) is 10.3 Å². The summed E-state index contributed by atoms with van der Waals surface area (Å²) in [5, 5.41) is 19.2. The van der Waals surface area contributed by atoms with Gasteiger partial charge in [-0.3, -0.25) is 14.3 Å². The van der Waals surface area contributed by atoms with Crippen LogP contribution in [-0.2, 0) is 33.0 Å². The van der Waals surface area contributed by atoms with Gasteiger partial charge in [-0.25, -0.2) is 0 Å². The van der Waals surface area contributed by atoms with Crippen LogP contribution in [0.4, 0.5) is 15.5 Å². The molecule has 0 unspecified atom stereocenters. The van der Waals surface area contributed by atoms with Crippen LogP contribution in [0.15, 0.2) is 85.1 Å². The quantitative estimate of drug-likeness (QED) is 0.147. The molecule has 4 heterocycles. The summed E-state index contributed by atoms with van der Waals surface area (Å²) in [6, 6.07) is 24.7. The maximum atomic E-state index is 16.2. The van der Waals surface area contributed by atoms with Crippen LogP contribution in [0.2, 0.25) is 18.6 Å². The number of benzene rings is 3. The number of carbonyl (C=O) groups excluding carboxylic acids is 2. The second-order valence-electron chi connectivity index (χ2n) is 13.1. The Kier molecular flexibility index (Phi) is 7.65. The van der Waals surface area contributed by atoms with E-state index in [0.29, 0.717) is 31.6 Å². The second kappa shape index (κ2) is 11.6. The molecule has 0 aliphatic carbocycles. The first kappa shape index (κ1) is 30.5. The van der Waals surface area contributed by atoms with Gasteiger partial charge in [0.15, 0.2) is 5.60 Å². The van der Waals surface area contributed by atoms with E-state index in [1.807, 2.05) is 85.8 Å². The standard InChI is InChI=1S/C35H38FN5O4Si/c1-23-33(46(2,3)36)30(17-19-39-22-28(37-38-39)32(43)25-9-5-4-6-10-25)45-35(23)27-11-7-8-12-29(27)41(34(35)44)21-24-13-15-26(16-14-24)40-20-18-31(40)42/h4-16,22-23,30,32-33,43H,17-21H2,1-3H3/t23-,30+,32+,33-,35+/m0/s1. The Morgan fingerprint density at radius 2 is 1.76 bits per heavy atom. The number of ether oxygens (including phenoxy) is 1. The second-order valence-corrected chi connectivity index (χ2v) is 16.9. The summed E-state index contributed by atoms with van der Waals surface area (Å²) in [5.41, 5.74) is 2.74. The fourth-order valence-corrected chi connectivity index (χ4v) is 10.1. The van der Waals surface area contributed by atoms with Gasteiger partial charge in [0, 0.05) is 42.2 Å². The maximum absolute atomic E-state index is 16.2. The van der Waals surface area contributed by atoms with Crippen molar-refractivity contribution in [2.45, 2.75) is 69.3 Å². The molecule has 3 aliphatic rings. The molecule has 0 bridgehead atoms. The highest BCUT2D eigenvalue weighted by Gasteiger charge is 2.66. The Bertz CT molecular complexity index is 1760. The summed E-state index contributed by atoms with van der Waals surface area (Å²) in [6.07, 6.45) is 1.30. The Hall–Kier alpha value is -4.19. The first-order chi connectivity index (χ1) is 22.1. The third kappa shape index (κ3) is 5.06. The van der Waals surface area contributed by atoms with E-state index in [9.17, 15) is 14.7 Å². The monoisotopic (exact) mass is 639 g/mol. The van der Waals surface area contributed by atoms with Crippen LogP contribution in [0.5, 0.6) is 0 Å². The molecule has 0 saturated carbocycles. The lowest BCUT2D eigenvalue weighted by Gasteiger charge is -2.31. The van der Waals surface area contributed by atoms with Gasteiger partial charge in [-0.05, 0) is 48.8 Å². The number of hydrogen-bond acceptors (Lipinski definition) is 6. The van der Waals surface area contributed by atoms with Gasteiger partial charge in [-0.15, -0.1) is 5.10 Å². The Labute approximate surface area is 268 Å². The van der Waals surface area contributed by atoms with E-state index in [4.69, 9.17) is 4.74 Å². The minimum atomic E-state index is -3.32. The highest BCUT2D eigenvalue weighted by molar-refractivity contribution is 6.72. The van der Waals surface area contributed by atoms with Gasteiger partial charge in [0.05, 0.1) is 24.5 Å². The van der Waals surface area contributed by atoms with E-state index < -0.39 is 37.7 Å². The number of fused-ring (bicyclic) bond motifs is 2. The Balaban J connectivity index is 1.14. The van der Waals surface area contributed by atoms with Crippen molar-refractivity contribution in [3.8, 4) is 0 Å². The summed E-state index contributed by atoms with van der Waals surface area (Å²) in [7, 11) is -3.32. The molecule has 11 heteroatoms. The average molecular weight is 640 g/mol. The van der Waals surface area contributed by atoms with E-state index in [-0.39, 0.29) is 11.8 Å². The van der Waals surface area contributed by atoms with Crippen LogP contribution in [0, 0.1) is 5.92 Å². The molecule has 9 nitrogen and oxygen atoms in total. The first-order valence-corrected chi connectivity index (χ1v) is 18.8. The molecule has 3 aromatic carbocycles. The number of nitrogens with zero attached hydrogens (tertiary/aromatic N) is 5. The molecule has 2 fully saturated rings. The molecule has 1 spiro atoms. The van der Waals surface area contributed by atoms with Gasteiger partial charge in [-0.2, -0.15) is 0 Å². The summed E-state index contributed by atoms with van der Waals surface area (Å²) >= 11 is 0. The molecular weight excluding hydrogens is 602 g/mol. The number of aliphatic hydroxyl groups excluding tert-OH is 1. The third-order valence-electron chi connectivity index (χ3n) is 9.90. The molecule has 238 valence electrons. The largest absolute Gasteiger partial charge is 0.382 e.